The molecule has 2 aromatic carbocycles. The summed E-state index contributed by atoms with van der Waals surface area (Å²) in [5.41, 5.74) is 2.01. The predicted octanol–water partition coefficient (Wildman–Crippen LogP) is 3.58. The van der Waals surface area contributed by atoms with Crippen molar-refractivity contribution in [2.45, 2.75) is 39.1 Å². The lowest BCUT2D eigenvalue weighted by molar-refractivity contribution is -0.153. The second kappa shape index (κ2) is 9.29. The van der Waals surface area contributed by atoms with Gasteiger partial charge in [0.05, 0.1) is 6.10 Å². The van der Waals surface area contributed by atoms with Crippen molar-refractivity contribution in [1.82, 2.24) is 0 Å². The van der Waals surface area contributed by atoms with Gasteiger partial charge in [0.1, 0.15) is 6.61 Å². The van der Waals surface area contributed by atoms with Crippen molar-refractivity contribution in [3.05, 3.63) is 53.6 Å². The smallest absolute Gasteiger partial charge is 0.411 e. The van der Waals surface area contributed by atoms with E-state index in [4.69, 9.17) is 18.9 Å². The molecule has 0 saturated carbocycles. The number of benzene rings is 2. The zero-order chi connectivity index (χ0) is 20.8. The van der Waals surface area contributed by atoms with Crippen LogP contribution < -0.4 is 14.8 Å². The number of hydrogen-bond donors (Lipinski definition) is 2. The van der Waals surface area contributed by atoms with E-state index in [0.29, 0.717) is 17.2 Å². The molecular weight excluding hydrogens is 378 g/mol. The molecule has 1 unspecified atom stereocenters. The average Bonchev–Trinajstić information content (AvgIpc) is 3.13. The Balaban J connectivity index is 1.55. The largest absolute Gasteiger partial charge is 0.479 e. The summed E-state index contributed by atoms with van der Waals surface area (Å²) in [7, 11) is 0. The van der Waals surface area contributed by atoms with E-state index in [0.717, 1.165) is 11.1 Å². The third-order valence-electron chi connectivity index (χ3n) is 4.11. The molecule has 0 spiro atoms. The SMILES string of the molecule is CC(C)OC(Cc1cccc(NC(=O)OCc2ccc3c(c2)OCO3)c1)C(=O)O. The number of hydrogen-bond acceptors (Lipinski definition) is 6. The Hall–Kier alpha value is -3.26. The summed E-state index contributed by atoms with van der Waals surface area (Å²) in [6, 6.07) is 12.2. The van der Waals surface area contributed by atoms with Crippen LogP contribution in [0.1, 0.15) is 25.0 Å². The molecule has 0 aliphatic carbocycles. The highest BCUT2D eigenvalue weighted by molar-refractivity contribution is 5.84. The van der Waals surface area contributed by atoms with E-state index in [-0.39, 0.29) is 25.9 Å². The average molecular weight is 401 g/mol. The highest BCUT2D eigenvalue weighted by Crippen LogP contribution is 2.32. The van der Waals surface area contributed by atoms with Crippen LogP contribution in [0.25, 0.3) is 0 Å². The first-order valence-corrected chi connectivity index (χ1v) is 9.20. The highest BCUT2D eigenvalue weighted by atomic mass is 16.7. The number of amides is 1. The van der Waals surface area contributed by atoms with Crippen LogP contribution in [0.3, 0.4) is 0 Å². The summed E-state index contributed by atoms with van der Waals surface area (Å²) in [6.07, 6.45) is -1.59. The van der Waals surface area contributed by atoms with Gasteiger partial charge in [-0.3, -0.25) is 5.32 Å². The molecule has 1 aliphatic rings. The van der Waals surface area contributed by atoms with Crippen LogP contribution in [-0.4, -0.2) is 36.2 Å². The second-order valence-corrected chi connectivity index (χ2v) is 6.80. The van der Waals surface area contributed by atoms with Gasteiger partial charge in [-0.1, -0.05) is 18.2 Å². The number of carboxylic acids is 1. The van der Waals surface area contributed by atoms with Crippen LogP contribution in [0.15, 0.2) is 42.5 Å². The summed E-state index contributed by atoms with van der Waals surface area (Å²) >= 11 is 0. The Morgan fingerprint density at radius 2 is 1.90 bits per heavy atom. The number of carboxylic acid groups (broad SMARTS) is 1. The summed E-state index contributed by atoms with van der Waals surface area (Å²) in [4.78, 5) is 23.5. The van der Waals surface area contributed by atoms with Gasteiger partial charge in [0.25, 0.3) is 0 Å². The van der Waals surface area contributed by atoms with Gasteiger partial charge in [-0.05, 0) is 49.2 Å². The molecular formula is C21H23NO7. The number of ether oxygens (including phenoxy) is 4. The minimum Gasteiger partial charge on any atom is -0.479 e. The number of carbonyl (C=O) groups is 2. The number of carbonyl (C=O) groups excluding carboxylic acids is 1. The van der Waals surface area contributed by atoms with Crippen molar-refractivity contribution < 1.29 is 33.6 Å². The fraction of sp³-hybridized carbons (Fsp3) is 0.333. The molecule has 0 radical (unpaired) electrons. The lowest BCUT2D eigenvalue weighted by atomic mass is 10.1. The van der Waals surface area contributed by atoms with Gasteiger partial charge in [-0.25, -0.2) is 9.59 Å². The Morgan fingerprint density at radius 1 is 1.10 bits per heavy atom. The Labute approximate surface area is 168 Å². The first kappa shape index (κ1) is 20.5. The van der Waals surface area contributed by atoms with E-state index >= 15 is 0 Å². The maximum Gasteiger partial charge on any atom is 0.411 e. The fourth-order valence-electron chi connectivity index (χ4n) is 2.85. The number of fused-ring (bicyclic) bond motifs is 1. The minimum atomic E-state index is -1.03. The van der Waals surface area contributed by atoms with E-state index in [1.165, 1.54) is 0 Å². The van der Waals surface area contributed by atoms with Crippen molar-refractivity contribution in [1.29, 1.82) is 0 Å². The standard InChI is InChI=1S/C21H23NO7/c1-13(2)29-19(20(23)24)9-14-4-3-5-16(8-14)22-21(25)26-11-15-6-7-17-18(10-15)28-12-27-17/h3-8,10,13,19H,9,11-12H2,1-2H3,(H,22,25)(H,23,24). The molecule has 1 amide bonds. The molecule has 0 aromatic heterocycles. The monoisotopic (exact) mass is 401 g/mol. The van der Waals surface area contributed by atoms with Crippen LogP contribution in [0.4, 0.5) is 10.5 Å². The quantitative estimate of drug-likeness (QED) is 0.697. The summed E-state index contributed by atoms with van der Waals surface area (Å²) in [6.45, 7) is 3.82. The molecule has 154 valence electrons. The van der Waals surface area contributed by atoms with E-state index in [1.807, 2.05) is 0 Å². The Morgan fingerprint density at radius 3 is 2.66 bits per heavy atom. The third kappa shape index (κ3) is 5.86. The molecule has 3 rings (SSSR count). The van der Waals surface area contributed by atoms with Crippen molar-refractivity contribution in [3.8, 4) is 11.5 Å². The maximum atomic E-state index is 12.1. The minimum absolute atomic E-state index is 0.0749. The molecule has 1 heterocycles. The molecule has 0 bridgehead atoms. The van der Waals surface area contributed by atoms with E-state index in [2.05, 4.69) is 5.32 Å². The molecule has 8 heteroatoms. The van der Waals surface area contributed by atoms with Gasteiger partial charge in [-0.15, -0.1) is 0 Å². The number of nitrogens with one attached hydrogen (secondary N) is 1. The Bertz CT molecular complexity index is 881. The van der Waals surface area contributed by atoms with Crippen LogP contribution in [0, 0.1) is 0 Å². The van der Waals surface area contributed by atoms with Gasteiger partial charge in [0.15, 0.2) is 17.6 Å². The molecule has 1 atom stereocenters. The predicted molar refractivity (Wildman–Crippen MR) is 104 cm³/mol. The van der Waals surface area contributed by atoms with Crippen LogP contribution in [0.5, 0.6) is 11.5 Å². The van der Waals surface area contributed by atoms with Crippen LogP contribution in [-0.2, 0) is 27.3 Å². The van der Waals surface area contributed by atoms with Gasteiger partial charge in [-0.2, -0.15) is 0 Å². The summed E-state index contributed by atoms with van der Waals surface area (Å²) in [5.74, 6) is 0.257. The number of aliphatic carboxylic acids is 1. The van der Waals surface area contributed by atoms with Crippen molar-refractivity contribution in [2.24, 2.45) is 0 Å². The second-order valence-electron chi connectivity index (χ2n) is 6.80. The maximum absolute atomic E-state index is 12.1. The molecule has 29 heavy (non-hydrogen) atoms. The number of rotatable bonds is 8. The lowest BCUT2D eigenvalue weighted by Crippen LogP contribution is -2.29. The Kier molecular flexibility index (Phi) is 6.56. The first-order chi connectivity index (χ1) is 13.9. The fourth-order valence-corrected chi connectivity index (χ4v) is 2.85. The topological polar surface area (TPSA) is 103 Å². The van der Waals surface area contributed by atoms with Gasteiger partial charge in [0.2, 0.25) is 6.79 Å². The molecule has 1 aliphatic heterocycles. The van der Waals surface area contributed by atoms with Crippen LogP contribution in [0.2, 0.25) is 0 Å². The third-order valence-corrected chi connectivity index (χ3v) is 4.11. The molecule has 0 saturated heterocycles. The summed E-state index contributed by atoms with van der Waals surface area (Å²) in [5, 5.41) is 11.9. The molecule has 8 nitrogen and oxygen atoms in total. The zero-order valence-corrected chi connectivity index (χ0v) is 16.2. The highest BCUT2D eigenvalue weighted by Gasteiger charge is 2.20. The van der Waals surface area contributed by atoms with E-state index < -0.39 is 18.2 Å². The zero-order valence-electron chi connectivity index (χ0n) is 16.2. The van der Waals surface area contributed by atoms with Crippen molar-refractivity contribution >= 4 is 17.7 Å². The van der Waals surface area contributed by atoms with Gasteiger partial charge < -0.3 is 24.1 Å². The van der Waals surface area contributed by atoms with Crippen LogP contribution >= 0.6 is 0 Å². The molecule has 2 N–H and O–H groups in total. The van der Waals surface area contributed by atoms with Crippen molar-refractivity contribution in [3.63, 3.8) is 0 Å². The first-order valence-electron chi connectivity index (χ1n) is 9.20. The normalized spacial score (nSPS) is 13.2. The van der Waals surface area contributed by atoms with Gasteiger partial charge in [0, 0.05) is 12.1 Å². The van der Waals surface area contributed by atoms with Crippen molar-refractivity contribution in [2.75, 3.05) is 12.1 Å². The lowest BCUT2D eigenvalue weighted by Gasteiger charge is -2.17. The molecule has 2 aromatic rings. The van der Waals surface area contributed by atoms with E-state index in [1.54, 1.807) is 56.3 Å². The molecule has 0 fully saturated rings. The summed E-state index contributed by atoms with van der Waals surface area (Å²) < 4.78 is 21.2. The van der Waals surface area contributed by atoms with Gasteiger partial charge >= 0.3 is 12.1 Å². The van der Waals surface area contributed by atoms with E-state index in [9.17, 15) is 14.7 Å². The number of anilines is 1.